The molecule has 2 aromatic rings. The first-order valence-electron chi connectivity index (χ1n) is 9.41. The first-order chi connectivity index (χ1) is 13.4. The first-order valence-corrected chi connectivity index (χ1v) is 9.41. The highest BCUT2D eigenvalue weighted by Gasteiger charge is 2.22. The summed E-state index contributed by atoms with van der Waals surface area (Å²) in [5.41, 5.74) is 2.18. The monoisotopic (exact) mass is 387 g/mol. The fourth-order valence-electron chi connectivity index (χ4n) is 3.45. The Morgan fingerprint density at radius 2 is 1.75 bits per heavy atom. The molecule has 0 aromatic heterocycles. The molecule has 6 heteroatoms. The van der Waals surface area contributed by atoms with Crippen molar-refractivity contribution in [2.75, 3.05) is 20.2 Å². The van der Waals surface area contributed by atoms with Crippen LogP contribution in [-0.2, 0) is 22.6 Å². The standard InChI is InChI=1S/C22H26FNO4/c1-15-11-24(12-16(2)28-15)13-17-4-7-19(8-5-17)22(25)27-14-18-6-9-21(26-3)20(23)10-18/h4-10,15-16H,11-14H2,1-3H3. The molecule has 5 nitrogen and oxygen atoms in total. The predicted molar refractivity (Wildman–Crippen MR) is 104 cm³/mol. The summed E-state index contributed by atoms with van der Waals surface area (Å²) in [6.45, 7) is 6.77. The molecular formula is C22H26FNO4. The zero-order valence-corrected chi connectivity index (χ0v) is 16.5. The fourth-order valence-corrected chi connectivity index (χ4v) is 3.45. The van der Waals surface area contributed by atoms with Crippen molar-refractivity contribution in [3.8, 4) is 5.75 Å². The normalized spacial score (nSPS) is 20.0. The summed E-state index contributed by atoms with van der Waals surface area (Å²) in [4.78, 5) is 14.6. The average molecular weight is 387 g/mol. The quantitative estimate of drug-likeness (QED) is 0.706. The van der Waals surface area contributed by atoms with E-state index in [1.807, 2.05) is 12.1 Å². The SMILES string of the molecule is COc1ccc(COC(=O)c2ccc(CN3CC(C)OC(C)C3)cc2)cc1F. The van der Waals surface area contributed by atoms with Gasteiger partial charge in [-0.05, 0) is 49.2 Å². The highest BCUT2D eigenvalue weighted by molar-refractivity contribution is 5.89. The van der Waals surface area contributed by atoms with Crippen molar-refractivity contribution in [3.05, 3.63) is 65.0 Å². The molecule has 3 rings (SSSR count). The molecule has 0 amide bonds. The summed E-state index contributed by atoms with van der Waals surface area (Å²) in [5, 5.41) is 0. The molecule has 0 bridgehead atoms. The van der Waals surface area contributed by atoms with E-state index in [4.69, 9.17) is 14.2 Å². The number of morpholine rings is 1. The van der Waals surface area contributed by atoms with Crippen LogP contribution in [0.25, 0.3) is 0 Å². The number of esters is 1. The van der Waals surface area contributed by atoms with Crippen molar-refractivity contribution in [2.45, 2.75) is 39.2 Å². The molecule has 1 aliphatic heterocycles. The second-order valence-corrected chi connectivity index (χ2v) is 7.19. The third kappa shape index (κ3) is 5.30. The molecule has 2 atom stereocenters. The van der Waals surface area contributed by atoms with E-state index in [0.29, 0.717) is 11.1 Å². The summed E-state index contributed by atoms with van der Waals surface area (Å²) in [5.74, 6) is -0.752. The van der Waals surface area contributed by atoms with E-state index in [1.54, 1.807) is 18.2 Å². The van der Waals surface area contributed by atoms with Crippen LogP contribution in [0.3, 0.4) is 0 Å². The van der Waals surface area contributed by atoms with Gasteiger partial charge in [-0.25, -0.2) is 9.18 Å². The third-order valence-corrected chi connectivity index (χ3v) is 4.68. The number of carbonyl (C=O) groups excluding carboxylic acids is 1. The zero-order valence-electron chi connectivity index (χ0n) is 16.5. The Morgan fingerprint density at radius 1 is 1.11 bits per heavy atom. The van der Waals surface area contributed by atoms with E-state index in [9.17, 15) is 9.18 Å². The van der Waals surface area contributed by atoms with Gasteiger partial charge >= 0.3 is 5.97 Å². The minimum atomic E-state index is -0.479. The number of methoxy groups -OCH3 is 1. The largest absolute Gasteiger partial charge is 0.494 e. The van der Waals surface area contributed by atoms with Crippen LogP contribution in [0.2, 0.25) is 0 Å². The van der Waals surface area contributed by atoms with E-state index < -0.39 is 11.8 Å². The number of rotatable bonds is 6. The van der Waals surface area contributed by atoms with Gasteiger partial charge in [-0.15, -0.1) is 0 Å². The van der Waals surface area contributed by atoms with Crippen molar-refractivity contribution < 1.29 is 23.4 Å². The Kier molecular flexibility index (Phi) is 6.65. The molecule has 0 radical (unpaired) electrons. The summed E-state index contributed by atoms with van der Waals surface area (Å²) in [6, 6.07) is 11.9. The topological polar surface area (TPSA) is 48.0 Å². The minimum Gasteiger partial charge on any atom is -0.494 e. The molecule has 0 N–H and O–H groups in total. The Bertz CT molecular complexity index is 799. The lowest BCUT2D eigenvalue weighted by atomic mass is 10.1. The maximum Gasteiger partial charge on any atom is 0.338 e. The van der Waals surface area contributed by atoms with E-state index in [2.05, 4.69) is 18.7 Å². The van der Waals surface area contributed by atoms with Gasteiger partial charge in [0.15, 0.2) is 11.6 Å². The molecule has 0 spiro atoms. The summed E-state index contributed by atoms with van der Waals surface area (Å²) >= 11 is 0. The molecule has 1 aliphatic rings. The lowest BCUT2D eigenvalue weighted by molar-refractivity contribution is -0.0704. The number of hydrogen-bond acceptors (Lipinski definition) is 5. The highest BCUT2D eigenvalue weighted by atomic mass is 19.1. The highest BCUT2D eigenvalue weighted by Crippen LogP contribution is 2.19. The van der Waals surface area contributed by atoms with Gasteiger partial charge < -0.3 is 14.2 Å². The summed E-state index contributed by atoms with van der Waals surface area (Å²) in [7, 11) is 1.40. The molecule has 150 valence electrons. The molecule has 2 aromatic carbocycles. The summed E-state index contributed by atoms with van der Waals surface area (Å²) in [6.07, 6.45) is 0.446. The third-order valence-electron chi connectivity index (χ3n) is 4.68. The number of carbonyl (C=O) groups is 1. The van der Waals surface area contributed by atoms with Crippen LogP contribution in [0.4, 0.5) is 4.39 Å². The van der Waals surface area contributed by atoms with Crippen molar-refractivity contribution in [1.82, 2.24) is 4.90 Å². The van der Waals surface area contributed by atoms with E-state index in [-0.39, 0.29) is 24.6 Å². The van der Waals surface area contributed by atoms with Crippen LogP contribution < -0.4 is 4.74 Å². The molecule has 1 fully saturated rings. The number of hydrogen-bond donors (Lipinski definition) is 0. The molecule has 28 heavy (non-hydrogen) atoms. The van der Waals surface area contributed by atoms with Gasteiger partial charge in [-0.2, -0.15) is 0 Å². The Balaban J connectivity index is 1.54. The van der Waals surface area contributed by atoms with E-state index >= 15 is 0 Å². The molecule has 2 unspecified atom stereocenters. The van der Waals surface area contributed by atoms with Gasteiger partial charge in [0.05, 0.1) is 24.9 Å². The number of benzene rings is 2. The van der Waals surface area contributed by atoms with Gasteiger partial charge in [-0.1, -0.05) is 18.2 Å². The molecule has 0 aliphatic carbocycles. The number of halogens is 1. The van der Waals surface area contributed by atoms with Crippen LogP contribution in [0.15, 0.2) is 42.5 Å². The number of nitrogens with zero attached hydrogens (tertiary/aromatic N) is 1. The van der Waals surface area contributed by atoms with Crippen molar-refractivity contribution >= 4 is 5.97 Å². The Hall–Kier alpha value is -2.44. The van der Waals surface area contributed by atoms with Crippen LogP contribution in [0.1, 0.15) is 35.3 Å². The van der Waals surface area contributed by atoms with Crippen molar-refractivity contribution in [2.24, 2.45) is 0 Å². The van der Waals surface area contributed by atoms with Gasteiger partial charge in [0.1, 0.15) is 6.61 Å². The van der Waals surface area contributed by atoms with Gasteiger partial charge in [0.25, 0.3) is 0 Å². The second-order valence-electron chi connectivity index (χ2n) is 7.19. The van der Waals surface area contributed by atoms with Crippen molar-refractivity contribution in [1.29, 1.82) is 0 Å². The van der Waals surface area contributed by atoms with Crippen LogP contribution in [0.5, 0.6) is 5.75 Å². The maximum atomic E-state index is 13.7. The second kappa shape index (κ2) is 9.17. The molecular weight excluding hydrogens is 361 g/mol. The Labute approximate surface area is 165 Å². The molecule has 0 saturated carbocycles. The fraction of sp³-hybridized carbons (Fsp3) is 0.409. The van der Waals surface area contributed by atoms with Crippen LogP contribution >= 0.6 is 0 Å². The predicted octanol–water partition coefficient (Wildman–Crippen LogP) is 3.80. The average Bonchev–Trinajstić information content (AvgIpc) is 2.66. The van der Waals surface area contributed by atoms with Gasteiger partial charge in [0, 0.05) is 19.6 Å². The Morgan fingerprint density at radius 3 is 2.36 bits per heavy atom. The lowest BCUT2D eigenvalue weighted by Crippen LogP contribution is -2.44. The maximum absolute atomic E-state index is 13.7. The van der Waals surface area contributed by atoms with E-state index in [1.165, 1.54) is 19.2 Å². The van der Waals surface area contributed by atoms with Gasteiger partial charge in [-0.3, -0.25) is 4.90 Å². The van der Waals surface area contributed by atoms with E-state index in [0.717, 1.165) is 25.2 Å². The zero-order chi connectivity index (χ0) is 20.1. The summed E-state index contributed by atoms with van der Waals surface area (Å²) < 4.78 is 29.6. The lowest BCUT2D eigenvalue weighted by Gasteiger charge is -2.35. The molecule has 1 saturated heterocycles. The first kappa shape index (κ1) is 20.3. The molecule has 1 heterocycles. The smallest absolute Gasteiger partial charge is 0.338 e. The number of ether oxygens (including phenoxy) is 3. The van der Waals surface area contributed by atoms with Crippen LogP contribution in [0, 0.1) is 5.82 Å². The minimum absolute atomic E-state index is 0.00501. The van der Waals surface area contributed by atoms with Crippen LogP contribution in [-0.4, -0.2) is 43.3 Å². The van der Waals surface area contributed by atoms with Gasteiger partial charge in [0.2, 0.25) is 0 Å². The van der Waals surface area contributed by atoms with Crippen molar-refractivity contribution in [3.63, 3.8) is 0 Å².